The van der Waals surface area contributed by atoms with Crippen LogP contribution in [0, 0.1) is 13.8 Å². The lowest BCUT2D eigenvalue weighted by Crippen LogP contribution is -2.31. The van der Waals surface area contributed by atoms with Gasteiger partial charge in [-0.25, -0.2) is 8.42 Å². The number of benzene rings is 2. The minimum Gasteiger partial charge on any atom is -0.207 e. The Morgan fingerprint density at radius 1 is 0.955 bits per heavy atom. The average Bonchev–Trinajstić information content (AvgIpc) is 2.98. The summed E-state index contributed by atoms with van der Waals surface area (Å²) in [5.74, 6) is 0. The molecule has 0 aromatic heterocycles. The summed E-state index contributed by atoms with van der Waals surface area (Å²) in [6.07, 6.45) is 1.79. The molecule has 1 aliphatic heterocycles. The lowest BCUT2D eigenvalue weighted by atomic mass is 10.0. The molecule has 1 heterocycles. The molecule has 0 aliphatic carbocycles. The highest BCUT2D eigenvalue weighted by molar-refractivity contribution is 7.89. The van der Waals surface area contributed by atoms with Crippen LogP contribution in [0.4, 0.5) is 0 Å². The number of hydrogen-bond acceptors (Lipinski definition) is 2. The lowest BCUT2D eigenvalue weighted by molar-refractivity contribution is 0.395. The standard InChI is InChI=1S/C18H21NO2S/c1-14-8-3-5-10-16(14)17-11-7-13-19(17)22(20,21)18-12-6-4-9-15(18)2/h3-6,8-10,12,17H,7,11,13H2,1-2H3/t17-/m0/s1. The highest BCUT2D eigenvalue weighted by Gasteiger charge is 2.37. The zero-order chi connectivity index (χ0) is 15.7. The quantitative estimate of drug-likeness (QED) is 0.863. The van der Waals surface area contributed by atoms with Gasteiger partial charge >= 0.3 is 0 Å². The van der Waals surface area contributed by atoms with E-state index < -0.39 is 10.0 Å². The van der Waals surface area contributed by atoms with Crippen LogP contribution in [-0.4, -0.2) is 19.3 Å². The molecule has 22 heavy (non-hydrogen) atoms. The average molecular weight is 315 g/mol. The van der Waals surface area contributed by atoms with Crippen LogP contribution in [0.2, 0.25) is 0 Å². The maximum absolute atomic E-state index is 13.1. The molecule has 1 saturated heterocycles. The van der Waals surface area contributed by atoms with Crippen molar-refractivity contribution in [1.82, 2.24) is 4.31 Å². The first-order valence-electron chi connectivity index (χ1n) is 7.65. The molecule has 0 spiro atoms. The second kappa shape index (κ2) is 5.86. The highest BCUT2D eigenvalue weighted by atomic mass is 32.2. The Bertz CT molecular complexity index is 783. The molecule has 0 radical (unpaired) electrons. The monoisotopic (exact) mass is 315 g/mol. The molecule has 1 aliphatic rings. The number of hydrogen-bond donors (Lipinski definition) is 0. The molecule has 0 N–H and O–H groups in total. The second-order valence-electron chi connectivity index (χ2n) is 5.90. The smallest absolute Gasteiger partial charge is 0.207 e. The molecule has 2 aromatic carbocycles. The minimum absolute atomic E-state index is 0.0502. The van der Waals surface area contributed by atoms with Crippen LogP contribution in [-0.2, 0) is 10.0 Å². The predicted molar refractivity (Wildman–Crippen MR) is 88.2 cm³/mol. The van der Waals surface area contributed by atoms with Crippen molar-refractivity contribution >= 4 is 10.0 Å². The first kappa shape index (κ1) is 15.3. The largest absolute Gasteiger partial charge is 0.243 e. The van der Waals surface area contributed by atoms with Gasteiger partial charge in [-0.15, -0.1) is 0 Å². The first-order valence-corrected chi connectivity index (χ1v) is 9.09. The van der Waals surface area contributed by atoms with E-state index in [0.29, 0.717) is 11.4 Å². The molecule has 0 saturated carbocycles. The van der Waals surface area contributed by atoms with Crippen molar-refractivity contribution in [3.8, 4) is 0 Å². The first-order chi connectivity index (χ1) is 10.5. The van der Waals surface area contributed by atoms with Crippen LogP contribution in [0.5, 0.6) is 0 Å². The number of rotatable bonds is 3. The van der Waals surface area contributed by atoms with Crippen LogP contribution in [0.25, 0.3) is 0 Å². The van der Waals surface area contributed by atoms with E-state index in [0.717, 1.165) is 29.5 Å². The van der Waals surface area contributed by atoms with Gasteiger partial charge in [0.05, 0.1) is 10.9 Å². The summed E-state index contributed by atoms with van der Waals surface area (Å²) in [7, 11) is -3.45. The molecule has 3 rings (SSSR count). The number of nitrogens with zero attached hydrogens (tertiary/aromatic N) is 1. The fraction of sp³-hybridized carbons (Fsp3) is 0.333. The minimum atomic E-state index is -3.45. The van der Waals surface area contributed by atoms with E-state index in [9.17, 15) is 8.42 Å². The van der Waals surface area contributed by atoms with E-state index in [1.807, 2.05) is 50.2 Å². The fourth-order valence-corrected chi connectivity index (χ4v) is 5.17. The van der Waals surface area contributed by atoms with Crippen molar-refractivity contribution in [2.75, 3.05) is 6.54 Å². The highest BCUT2D eigenvalue weighted by Crippen LogP contribution is 2.38. The molecular weight excluding hydrogens is 294 g/mol. The SMILES string of the molecule is Cc1ccccc1[C@@H]1CCCN1S(=O)(=O)c1ccccc1C. The van der Waals surface area contributed by atoms with Gasteiger partial charge in [-0.2, -0.15) is 4.31 Å². The van der Waals surface area contributed by atoms with Crippen LogP contribution in [0.1, 0.15) is 35.6 Å². The molecule has 2 aromatic rings. The van der Waals surface area contributed by atoms with Crippen molar-refractivity contribution in [1.29, 1.82) is 0 Å². The summed E-state index contributed by atoms with van der Waals surface area (Å²) < 4.78 is 27.8. The van der Waals surface area contributed by atoms with Crippen LogP contribution in [0.3, 0.4) is 0 Å². The summed E-state index contributed by atoms with van der Waals surface area (Å²) in [4.78, 5) is 0.426. The molecule has 116 valence electrons. The fourth-order valence-electron chi connectivity index (χ4n) is 3.27. The predicted octanol–water partition coefficient (Wildman–Crippen LogP) is 3.83. The molecule has 3 nitrogen and oxygen atoms in total. The van der Waals surface area contributed by atoms with Crippen molar-refractivity contribution in [3.05, 3.63) is 65.2 Å². The third-order valence-corrected chi connectivity index (χ3v) is 6.50. The molecular formula is C18H21NO2S. The number of sulfonamides is 1. The summed E-state index contributed by atoms with van der Waals surface area (Å²) in [6, 6.07) is 15.2. The van der Waals surface area contributed by atoms with E-state index in [1.165, 1.54) is 0 Å². The van der Waals surface area contributed by atoms with Crippen molar-refractivity contribution in [2.45, 2.75) is 37.6 Å². The van der Waals surface area contributed by atoms with Gasteiger partial charge in [0.25, 0.3) is 0 Å². The third-order valence-electron chi connectivity index (χ3n) is 4.43. The Morgan fingerprint density at radius 3 is 2.27 bits per heavy atom. The third kappa shape index (κ3) is 2.57. The van der Waals surface area contributed by atoms with Crippen LogP contribution in [0.15, 0.2) is 53.4 Å². The van der Waals surface area contributed by atoms with Gasteiger partial charge in [-0.3, -0.25) is 0 Å². The molecule has 0 unspecified atom stereocenters. The van der Waals surface area contributed by atoms with Crippen molar-refractivity contribution in [3.63, 3.8) is 0 Å². The second-order valence-corrected chi connectivity index (χ2v) is 7.75. The van der Waals surface area contributed by atoms with E-state index in [2.05, 4.69) is 0 Å². The van der Waals surface area contributed by atoms with Gasteiger partial charge in [-0.1, -0.05) is 42.5 Å². The van der Waals surface area contributed by atoms with Gasteiger partial charge in [0, 0.05) is 6.54 Å². The summed E-state index contributed by atoms with van der Waals surface area (Å²) >= 11 is 0. The maximum Gasteiger partial charge on any atom is 0.243 e. The molecule has 1 fully saturated rings. The zero-order valence-electron chi connectivity index (χ0n) is 13.0. The maximum atomic E-state index is 13.1. The molecule has 0 bridgehead atoms. The number of aryl methyl sites for hydroxylation is 2. The normalized spacial score (nSPS) is 19.5. The molecule has 0 amide bonds. The molecule has 4 heteroatoms. The van der Waals surface area contributed by atoms with Crippen LogP contribution >= 0.6 is 0 Å². The van der Waals surface area contributed by atoms with Crippen LogP contribution < -0.4 is 0 Å². The van der Waals surface area contributed by atoms with E-state index in [1.54, 1.807) is 16.4 Å². The van der Waals surface area contributed by atoms with E-state index in [4.69, 9.17) is 0 Å². The topological polar surface area (TPSA) is 37.4 Å². The van der Waals surface area contributed by atoms with E-state index in [-0.39, 0.29) is 6.04 Å². The Kier molecular flexibility index (Phi) is 4.06. The van der Waals surface area contributed by atoms with Gasteiger partial charge in [0.1, 0.15) is 0 Å². The van der Waals surface area contributed by atoms with Gasteiger partial charge in [0.15, 0.2) is 0 Å². The summed E-state index contributed by atoms with van der Waals surface area (Å²) in [5, 5.41) is 0. The summed E-state index contributed by atoms with van der Waals surface area (Å²) in [5.41, 5.74) is 3.08. The van der Waals surface area contributed by atoms with Gasteiger partial charge in [-0.05, 0) is 49.4 Å². The van der Waals surface area contributed by atoms with Crippen molar-refractivity contribution in [2.24, 2.45) is 0 Å². The Hall–Kier alpha value is -1.65. The van der Waals surface area contributed by atoms with Gasteiger partial charge < -0.3 is 0 Å². The molecule has 1 atom stereocenters. The van der Waals surface area contributed by atoms with E-state index >= 15 is 0 Å². The Labute approximate surface area is 132 Å². The Morgan fingerprint density at radius 2 is 1.59 bits per heavy atom. The lowest BCUT2D eigenvalue weighted by Gasteiger charge is -2.26. The van der Waals surface area contributed by atoms with Gasteiger partial charge in [0.2, 0.25) is 10.0 Å². The Balaban J connectivity index is 2.04. The zero-order valence-corrected chi connectivity index (χ0v) is 13.8. The van der Waals surface area contributed by atoms with Crippen molar-refractivity contribution < 1.29 is 8.42 Å². The summed E-state index contributed by atoms with van der Waals surface area (Å²) in [6.45, 7) is 4.49.